The maximum Gasteiger partial charge on any atom is 0.269 e. The smallest absolute Gasteiger partial charge is 0.269 e. The van der Waals surface area contributed by atoms with Crippen LogP contribution in [0.4, 0.5) is 10.1 Å². The number of anilines is 1. The van der Waals surface area contributed by atoms with E-state index in [2.05, 4.69) is 37.0 Å². The standard InChI is InChI=1S/C18H26N4O.C9H8N2O.CH3F/c1-18-10-13(18)9-15(11-18)22-7-5-21(6-8-22)14-3-4-16(20-12-14)17(23)19-2;1-6-10-8-5-3-2-4-7(8)9(12)11-6;1-2/h3-4,12-13,15H,5-11H2,1-2H3,(H,19,23);2-5H,1H3,(H,10,11,12);1H3. The topological polar surface area (TPSA) is 94.2 Å². The molecule has 1 saturated heterocycles. The predicted octanol–water partition coefficient (Wildman–Crippen LogP) is 3.57. The molecule has 1 aliphatic heterocycles. The molecule has 9 heteroatoms. The Labute approximate surface area is 217 Å². The summed E-state index contributed by atoms with van der Waals surface area (Å²) in [5.74, 6) is 1.53. The van der Waals surface area contributed by atoms with E-state index in [1.807, 2.05) is 36.5 Å². The number of rotatable bonds is 3. The number of aromatic nitrogens is 3. The number of carbonyl (C=O) groups is 1. The summed E-state index contributed by atoms with van der Waals surface area (Å²) in [6.07, 6.45) is 6.11. The van der Waals surface area contributed by atoms with Crippen LogP contribution in [0.3, 0.4) is 0 Å². The number of piperazine rings is 1. The van der Waals surface area contributed by atoms with Crippen molar-refractivity contribution in [1.29, 1.82) is 0 Å². The number of carbonyl (C=O) groups excluding carboxylic acids is 1. The van der Waals surface area contributed by atoms with Crippen molar-refractivity contribution in [3.63, 3.8) is 0 Å². The van der Waals surface area contributed by atoms with Crippen molar-refractivity contribution < 1.29 is 9.18 Å². The van der Waals surface area contributed by atoms with Gasteiger partial charge in [-0.05, 0) is 61.8 Å². The first-order valence-corrected chi connectivity index (χ1v) is 12.9. The fraction of sp³-hybridized carbons (Fsp3) is 0.500. The number of para-hydroxylation sites is 1. The molecular weight excluding hydrogens is 471 g/mol. The Morgan fingerprint density at radius 1 is 1.11 bits per heavy atom. The molecule has 0 spiro atoms. The van der Waals surface area contributed by atoms with Crippen molar-refractivity contribution >= 4 is 22.5 Å². The van der Waals surface area contributed by atoms with Crippen LogP contribution in [0.15, 0.2) is 47.4 Å². The molecule has 2 N–H and O–H groups in total. The molecule has 1 amide bonds. The zero-order valence-electron chi connectivity index (χ0n) is 22.1. The third-order valence-corrected chi connectivity index (χ3v) is 7.93. The van der Waals surface area contributed by atoms with Crippen molar-refractivity contribution in [3.05, 3.63) is 64.5 Å². The molecule has 198 valence electrons. The van der Waals surface area contributed by atoms with Gasteiger partial charge in [0.1, 0.15) is 11.5 Å². The number of hydrogen-bond donors (Lipinski definition) is 2. The number of nitrogens with one attached hydrogen (secondary N) is 2. The average molecular weight is 509 g/mol. The molecule has 3 heterocycles. The molecule has 8 nitrogen and oxygen atoms in total. The lowest BCUT2D eigenvalue weighted by molar-refractivity contribution is 0.0958. The van der Waals surface area contributed by atoms with Gasteiger partial charge in [0.05, 0.1) is 30.0 Å². The molecule has 3 aliphatic rings. The molecule has 3 unspecified atom stereocenters. The Balaban J connectivity index is 0.000000192. The van der Waals surface area contributed by atoms with Gasteiger partial charge in [0.2, 0.25) is 0 Å². The molecule has 6 rings (SSSR count). The van der Waals surface area contributed by atoms with Gasteiger partial charge in [0, 0.05) is 39.3 Å². The Kier molecular flexibility index (Phi) is 8.22. The fourth-order valence-corrected chi connectivity index (χ4v) is 5.73. The number of aryl methyl sites for hydroxylation is 1. The summed E-state index contributed by atoms with van der Waals surface area (Å²) in [7, 11) is 2.13. The van der Waals surface area contributed by atoms with Gasteiger partial charge in [-0.3, -0.25) is 18.9 Å². The van der Waals surface area contributed by atoms with Gasteiger partial charge >= 0.3 is 0 Å². The average Bonchev–Trinajstić information content (AvgIpc) is 3.45. The molecule has 0 radical (unpaired) electrons. The van der Waals surface area contributed by atoms with Crippen LogP contribution >= 0.6 is 0 Å². The summed E-state index contributed by atoms with van der Waals surface area (Å²) in [5, 5.41) is 3.25. The lowest BCUT2D eigenvalue weighted by atomic mass is 10.0. The molecule has 0 bridgehead atoms. The highest BCUT2D eigenvalue weighted by molar-refractivity contribution is 5.92. The minimum Gasteiger partial charge on any atom is -0.368 e. The maximum absolute atomic E-state index is 11.6. The zero-order chi connectivity index (χ0) is 26.6. The van der Waals surface area contributed by atoms with Crippen LogP contribution < -0.4 is 15.8 Å². The Morgan fingerprint density at radius 3 is 2.46 bits per heavy atom. The molecule has 3 atom stereocenters. The van der Waals surface area contributed by atoms with Gasteiger partial charge in [-0.15, -0.1) is 0 Å². The lowest BCUT2D eigenvalue weighted by Crippen LogP contribution is -2.50. The molecule has 3 aromatic rings. The van der Waals surface area contributed by atoms with Crippen molar-refractivity contribution in [2.45, 2.75) is 39.2 Å². The molecule has 1 aromatic carbocycles. The Hall–Kier alpha value is -3.33. The van der Waals surface area contributed by atoms with Gasteiger partial charge in [-0.25, -0.2) is 9.97 Å². The first-order valence-electron chi connectivity index (χ1n) is 12.9. The van der Waals surface area contributed by atoms with Crippen LogP contribution in [0.1, 0.15) is 42.5 Å². The van der Waals surface area contributed by atoms with Crippen molar-refractivity contribution in [3.8, 4) is 0 Å². The van der Waals surface area contributed by atoms with Crippen LogP contribution in [0, 0.1) is 18.3 Å². The van der Waals surface area contributed by atoms with Crippen molar-refractivity contribution in [2.24, 2.45) is 11.3 Å². The predicted molar refractivity (Wildman–Crippen MR) is 145 cm³/mol. The third-order valence-electron chi connectivity index (χ3n) is 7.93. The van der Waals surface area contributed by atoms with Crippen molar-refractivity contribution in [2.75, 3.05) is 45.3 Å². The highest BCUT2D eigenvalue weighted by Crippen LogP contribution is 2.63. The summed E-state index contributed by atoms with van der Waals surface area (Å²) in [6.45, 7) is 8.63. The van der Waals surface area contributed by atoms with Gasteiger partial charge in [0.25, 0.3) is 11.5 Å². The number of fused-ring (bicyclic) bond motifs is 2. The summed E-state index contributed by atoms with van der Waals surface area (Å²) >= 11 is 0. The zero-order valence-corrected chi connectivity index (χ0v) is 22.1. The van der Waals surface area contributed by atoms with Crippen LogP contribution in [-0.4, -0.2) is 72.2 Å². The monoisotopic (exact) mass is 508 g/mol. The molecule has 37 heavy (non-hydrogen) atoms. The number of amides is 1. The largest absolute Gasteiger partial charge is 0.368 e. The molecule has 3 fully saturated rings. The first-order chi connectivity index (χ1) is 17.9. The van der Waals surface area contributed by atoms with E-state index in [-0.39, 0.29) is 11.5 Å². The second kappa shape index (κ2) is 11.4. The van der Waals surface area contributed by atoms with Gasteiger partial charge in [-0.1, -0.05) is 19.1 Å². The summed E-state index contributed by atoms with van der Waals surface area (Å²) in [6, 6.07) is 11.9. The SMILES string of the molecule is CF.CNC(=O)c1ccc(N2CCN(C3CC4CC4(C)C3)CC2)cn1.Cc1nc2ccccc2c(=O)[nH]1. The molecule has 2 aliphatic carbocycles. The highest BCUT2D eigenvalue weighted by Gasteiger charge is 2.57. The normalized spacial score (nSPS) is 24.3. The van der Waals surface area contributed by atoms with E-state index in [1.54, 1.807) is 20.0 Å². The Bertz CT molecular complexity index is 1270. The van der Waals surface area contributed by atoms with Gasteiger partial charge in [-0.2, -0.15) is 0 Å². The first kappa shape index (κ1) is 26.7. The number of aromatic amines is 1. The van der Waals surface area contributed by atoms with Crippen LogP contribution in [0.25, 0.3) is 10.9 Å². The van der Waals surface area contributed by atoms with Crippen LogP contribution in [-0.2, 0) is 0 Å². The summed E-state index contributed by atoms with van der Waals surface area (Å²) in [5.41, 5.74) is 2.96. The Morgan fingerprint density at radius 2 is 1.84 bits per heavy atom. The maximum atomic E-state index is 11.6. The van der Waals surface area contributed by atoms with E-state index < -0.39 is 0 Å². The van der Waals surface area contributed by atoms with E-state index in [0.717, 1.165) is 49.3 Å². The number of pyridine rings is 1. The number of hydrogen-bond acceptors (Lipinski definition) is 6. The van der Waals surface area contributed by atoms with E-state index in [0.29, 0.717) is 29.5 Å². The number of halogens is 1. The highest BCUT2D eigenvalue weighted by atomic mass is 19.1. The molecule has 2 aromatic heterocycles. The van der Waals surface area contributed by atoms with Gasteiger partial charge < -0.3 is 15.2 Å². The van der Waals surface area contributed by atoms with Gasteiger partial charge in [0.15, 0.2) is 0 Å². The summed E-state index contributed by atoms with van der Waals surface area (Å²) < 4.78 is 9.50. The van der Waals surface area contributed by atoms with E-state index in [1.165, 1.54) is 19.3 Å². The number of nitrogens with zero attached hydrogens (tertiary/aromatic N) is 4. The van der Waals surface area contributed by atoms with Crippen LogP contribution in [0.2, 0.25) is 0 Å². The minimum atomic E-state index is -0.130. The van der Waals surface area contributed by atoms with E-state index >= 15 is 0 Å². The third kappa shape index (κ3) is 5.98. The number of benzene rings is 1. The van der Waals surface area contributed by atoms with E-state index in [4.69, 9.17) is 0 Å². The fourth-order valence-electron chi connectivity index (χ4n) is 5.73. The number of alkyl halides is 1. The second-order valence-corrected chi connectivity index (χ2v) is 10.3. The number of H-pyrrole nitrogens is 1. The van der Waals surface area contributed by atoms with E-state index in [9.17, 15) is 14.0 Å². The molecule has 2 saturated carbocycles. The van der Waals surface area contributed by atoms with Crippen molar-refractivity contribution in [1.82, 2.24) is 25.2 Å². The summed E-state index contributed by atoms with van der Waals surface area (Å²) in [4.78, 5) is 39.0. The minimum absolute atomic E-state index is 0.0712. The molecular formula is C28H37FN6O2. The van der Waals surface area contributed by atoms with Crippen LogP contribution in [0.5, 0.6) is 0 Å². The second-order valence-electron chi connectivity index (χ2n) is 10.3. The lowest BCUT2D eigenvalue weighted by Gasteiger charge is -2.39. The quantitative estimate of drug-likeness (QED) is 0.562.